The number of rotatable bonds is 4. The maximum absolute atomic E-state index is 12.8. The van der Waals surface area contributed by atoms with Crippen molar-refractivity contribution in [2.45, 2.75) is 51.6 Å². The summed E-state index contributed by atoms with van der Waals surface area (Å²) in [4.78, 5) is 12.8. The third-order valence-corrected chi connectivity index (χ3v) is 9.42. The fourth-order valence-electron chi connectivity index (χ4n) is 3.37. The molecule has 1 aromatic rings. The minimum atomic E-state index is -0.960. The Labute approximate surface area is 153 Å². The van der Waals surface area contributed by atoms with Crippen molar-refractivity contribution in [3.63, 3.8) is 0 Å². The van der Waals surface area contributed by atoms with E-state index in [1.165, 1.54) is 0 Å². The van der Waals surface area contributed by atoms with E-state index >= 15 is 0 Å². The Kier molecular flexibility index (Phi) is 5.49. The molecule has 136 valence electrons. The van der Waals surface area contributed by atoms with E-state index in [9.17, 15) is 4.79 Å². The summed E-state index contributed by atoms with van der Waals surface area (Å²) in [5.41, 5.74) is 2.98. The van der Waals surface area contributed by atoms with E-state index in [1.807, 2.05) is 12.1 Å². The van der Waals surface area contributed by atoms with Crippen LogP contribution in [-0.4, -0.2) is 33.9 Å². The van der Waals surface area contributed by atoms with E-state index in [1.54, 1.807) is 0 Å². The third kappa shape index (κ3) is 4.42. The summed E-state index contributed by atoms with van der Waals surface area (Å²) >= 11 is 0. The average molecular weight is 358 g/mol. The van der Waals surface area contributed by atoms with Crippen LogP contribution in [0.25, 0.3) is 0 Å². The van der Waals surface area contributed by atoms with Gasteiger partial charge < -0.3 is 10.1 Å². The van der Waals surface area contributed by atoms with Crippen LogP contribution < -0.4 is 10.1 Å². The first-order valence-electron chi connectivity index (χ1n) is 9.56. The van der Waals surface area contributed by atoms with E-state index in [-0.39, 0.29) is 5.78 Å². The molecule has 1 aliphatic heterocycles. The van der Waals surface area contributed by atoms with Crippen LogP contribution >= 0.6 is 0 Å². The van der Waals surface area contributed by atoms with Gasteiger partial charge in [-0.1, -0.05) is 39.5 Å². The monoisotopic (exact) mass is 357 g/mol. The lowest BCUT2D eigenvalue weighted by molar-refractivity contribution is 0.103. The highest BCUT2D eigenvalue weighted by molar-refractivity contribution is 6.60. The number of hydrogen-bond donors (Lipinski definition) is 1. The summed E-state index contributed by atoms with van der Waals surface area (Å²) in [7, 11) is -0.960. The highest BCUT2D eigenvalue weighted by Crippen LogP contribution is 2.32. The van der Waals surface area contributed by atoms with Gasteiger partial charge in [0, 0.05) is 17.6 Å². The summed E-state index contributed by atoms with van der Waals surface area (Å²) in [5, 5.41) is 3.74. The zero-order valence-corrected chi connectivity index (χ0v) is 17.2. The minimum Gasteiger partial charge on any atom is -0.498 e. The van der Waals surface area contributed by atoms with Crippen LogP contribution in [-0.2, 0) is 6.42 Å². The second kappa shape index (κ2) is 7.46. The van der Waals surface area contributed by atoms with Gasteiger partial charge in [-0.25, -0.2) is 0 Å². The molecule has 0 saturated carbocycles. The van der Waals surface area contributed by atoms with Crippen LogP contribution in [0, 0.1) is 5.92 Å². The Balaban J connectivity index is 1.68. The van der Waals surface area contributed by atoms with Crippen LogP contribution in [0.1, 0.15) is 49.5 Å². The number of fused-ring (bicyclic) bond motifs is 1. The molecule has 1 aliphatic carbocycles. The molecule has 0 radical (unpaired) electrons. The number of ether oxygens (including phenoxy) is 1. The maximum Gasteiger partial charge on any atom is 0.189 e. The van der Waals surface area contributed by atoms with Gasteiger partial charge in [-0.05, 0) is 54.6 Å². The van der Waals surface area contributed by atoms with Crippen molar-refractivity contribution < 1.29 is 9.53 Å². The van der Waals surface area contributed by atoms with E-state index in [0.717, 1.165) is 61.0 Å². The summed E-state index contributed by atoms with van der Waals surface area (Å²) in [6.07, 6.45) is 6.10. The van der Waals surface area contributed by atoms with E-state index < -0.39 is 8.80 Å². The number of Topliss-reactive ketones (excluding diaryl/α,β-unsaturated/α-hetero) is 1. The molecule has 0 spiro atoms. The predicted octanol–water partition coefficient (Wildman–Crippen LogP) is 3.93. The van der Waals surface area contributed by atoms with Crippen molar-refractivity contribution in [1.29, 1.82) is 0 Å². The molecule has 3 rings (SSSR count). The number of benzene rings is 1. The molecule has 0 aromatic heterocycles. The third-order valence-electron chi connectivity index (χ3n) is 5.80. The highest BCUT2D eigenvalue weighted by atomic mass is 28.3. The molecule has 1 fully saturated rings. The first-order chi connectivity index (χ1) is 11.8. The molecule has 1 N–H and O–H groups in total. The smallest absolute Gasteiger partial charge is 0.189 e. The number of hydrogen-bond acceptors (Lipinski definition) is 3. The molecule has 1 saturated heterocycles. The SMILES string of the molecule is C[SiH](COc1ccc2c(c1)C(=O)/C(=C/C1CCNCC1)C2)C(C)(C)C. The molecule has 25 heavy (non-hydrogen) atoms. The van der Waals surface area contributed by atoms with Crippen molar-refractivity contribution in [3.05, 3.63) is 41.0 Å². The molecule has 0 bridgehead atoms. The second-order valence-corrected chi connectivity index (χ2v) is 12.5. The van der Waals surface area contributed by atoms with E-state index in [2.05, 4.69) is 44.8 Å². The van der Waals surface area contributed by atoms with Gasteiger partial charge in [-0.2, -0.15) is 0 Å². The Morgan fingerprint density at radius 2 is 2.00 bits per heavy atom. The van der Waals surface area contributed by atoms with Crippen molar-refractivity contribution in [3.8, 4) is 5.75 Å². The van der Waals surface area contributed by atoms with E-state index in [4.69, 9.17) is 4.74 Å². The first-order valence-corrected chi connectivity index (χ1v) is 12.1. The topological polar surface area (TPSA) is 38.3 Å². The Bertz CT molecular complexity index is 669. The van der Waals surface area contributed by atoms with Crippen molar-refractivity contribution in [1.82, 2.24) is 5.32 Å². The summed E-state index contributed by atoms with van der Waals surface area (Å²) < 4.78 is 6.03. The van der Waals surface area contributed by atoms with Gasteiger partial charge in [0.15, 0.2) is 5.78 Å². The fourth-order valence-corrected chi connectivity index (χ4v) is 4.31. The van der Waals surface area contributed by atoms with Crippen molar-refractivity contribution in [2.75, 3.05) is 19.3 Å². The quantitative estimate of drug-likeness (QED) is 0.655. The number of nitrogens with one attached hydrogen (secondary N) is 1. The van der Waals surface area contributed by atoms with Crippen LogP contribution in [0.4, 0.5) is 0 Å². The molecule has 1 atom stereocenters. The van der Waals surface area contributed by atoms with Gasteiger partial charge in [0.2, 0.25) is 0 Å². The minimum absolute atomic E-state index is 0.208. The zero-order chi connectivity index (χ0) is 18.0. The zero-order valence-electron chi connectivity index (χ0n) is 16.0. The molecule has 3 nitrogen and oxygen atoms in total. The van der Waals surface area contributed by atoms with Crippen molar-refractivity contribution >= 4 is 14.6 Å². The normalized spacial score (nSPS) is 21.4. The largest absolute Gasteiger partial charge is 0.498 e. The molecule has 1 unspecified atom stereocenters. The summed E-state index contributed by atoms with van der Waals surface area (Å²) in [5.74, 6) is 1.60. The summed E-state index contributed by atoms with van der Waals surface area (Å²) in [6.45, 7) is 11.3. The van der Waals surface area contributed by atoms with Crippen LogP contribution in [0.5, 0.6) is 5.75 Å². The molecule has 1 aromatic carbocycles. The molecule has 4 heteroatoms. The molecular formula is C21H31NO2Si. The summed E-state index contributed by atoms with van der Waals surface area (Å²) in [6, 6.07) is 6.07. The average Bonchev–Trinajstić information content (AvgIpc) is 2.88. The van der Waals surface area contributed by atoms with Gasteiger partial charge in [-0.15, -0.1) is 0 Å². The molecule has 2 aliphatic rings. The Hall–Kier alpha value is -1.39. The fraction of sp³-hybridized carbons (Fsp3) is 0.571. The van der Waals surface area contributed by atoms with Crippen LogP contribution in [0.3, 0.4) is 0 Å². The maximum atomic E-state index is 12.8. The number of piperidine rings is 1. The van der Waals surface area contributed by atoms with Gasteiger partial charge in [-0.3, -0.25) is 4.79 Å². The number of allylic oxidation sites excluding steroid dienone is 2. The lowest BCUT2D eigenvalue weighted by atomic mass is 9.94. The second-order valence-electron chi connectivity index (χ2n) is 8.68. The van der Waals surface area contributed by atoms with Gasteiger partial charge in [0.25, 0.3) is 0 Å². The van der Waals surface area contributed by atoms with Crippen LogP contribution in [0.2, 0.25) is 11.6 Å². The van der Waals surface area contributed by atoms with Gasteiger partial charge in [0.05, 0.1) is 15.0 Å². The van der Waals surface area contributed by atoms with Gasteiger partial charge >= 0.3 is 0 Å². The Morgan fingerprint density at radius 1 is 1.28 bits per heavy atom. The van der Waals surface area contributed by atoms with Crippen molar-refractivity contribution in [2.24, 2.45) is 5.92 Å². The number of ketones is 1. The highest BCUT2D eigenvalue weighted by Gasteiger charge is 2.27. The molecular weight excluding hydrogens is 326 g/mol. The number of carbonyl (C=O) groups is 1. The van der Waals surface area contributed by atoms with Crippen LogP contribution in [0.15, 0.2) is 29.8 Å². The molecule has 0 amide bonds. The number of carbonyl (C=O) groups excluding carboxylic acids is 1. The first kappa shape index (κ1) is 18.4. The standard InChI is InChI=1S/C21H31NO2Si/c1-21(2,3)25(4)14-24-18-6-5-16-12-17(20(23)19(16)13-18)11-15-7-9-22-10-8-15/h5-6,11,13,15,22,25H,7-10,12,14H2,1-4H3/b17-11+. The lowest BCUT2D eigenvalue weighted by Gasteiger charge is -2.25. The van der Waals surface area contributed by atoms with Gasteiger partial charge in [0.1, 0.15) is 5.75 Å². The molecule has 1 heterocycles. The predicted molar refractivity (Wildman–Crippen MR) is 106 cm³/mol. The lowest BCUT2D eigenvalue weighted by Crippen LogP contribution is -2.29. The van der Waals surface area contributed by atoms with E-state index in [0.29, 0.717) is 11.0 Å². The Morgan fingerprint density at radius 3 is 2.68 bits per heavy atom.